The second kappa shape index (κ2) is 6.09. The predicted molar refractivity (Wildman–Crippen MR) is 77.8 cm³/mol. The molecule has 3 nitrogen and oxygen atoms in total. The van der Waals surface area contributed by atoms with E-state index in [1.165, 1.54) is 25.5 Å². The first-order valence-electron chi connectivity index (χ1n) is 7.01. The second-order valence-corrected chi connectivity index (χ2v) is 5.60. The molecule has 0 atom stereocenters. The third-order valence-corrected chi connectivity index (χ3v) is 4.15. The maximum Gasteiger partial charge on any atom is 0.127 e. The lowest BCUT2D eigenvalue weighted by molar-refractivity contribution is -0.117. The van der Waals surface area contributed by atoms with Crippen LogP contribution in [-0.4, -0.2) is 27.0 Å². The van der Waals surface area contributed by atoms with Crippen LogP contribution in [0.3, 0.4) is 0 Å². The van der Waals surface area contributed by atoms with Gasteiger partial charge in [-0.2, -0.15) is 0 Å². The van der Waals surface area contributed by atoms with E-state index in [0.717, 1.165) is 30.8 Å². The Hall–Kier alpha value is -1.51. The summed E-state index contributed by atoms with van der Waals surface area (Å²) >= 11 is 0. The number of nitrogens with zero attached hydrogens (tertiary/aromatic N) is 1. The van der Waals surface area contributed by atoms with Gasteiger partial charge >= 0.3 is 0 Å². The molecule has 104 valence electrons. The van der Waals surface area contributed by atoms with E-state index in [9.17, 15) is 4.79 Å². The van der Waals surface area contributed by atoms with E-state index >= 15 is 0 Å². The first kappa shape index (κ1) is 13.9. The highest BCUT2D eigenvalue weighted by Gasteiger charge is 2.33. The smallest absolute Gasteiger partial charge is 0.127 e. The van der Waals surface area contributed by atoms with E-state index in [1.54, 1.807) is 7.11 Å². The zero-order valence-electron chi connectivity index (χ0n) is 11.9. The third kappa shape index (κ3) is 3.28. The molecule has 1 aliphatic carbocycles. The minimum atomic E-state index is -0.157. The van der Waals surface area contributed by atoms with E-state index in [2.05, 4.69) is 18.0 Å². The Morgan fingerprint density at radius 3 is 2.68 bits per heavy atom. The highest BCUT2D eigenvalue weighted by atomic mass is 16.5. The Balaban J connectivity index is 2.10. The van der Waals surface area contributed by atoms with Gasteiger partial charge in [-0.05, 0) is 25.0 Å². The minimum absolute atomic E-state index is 0.157. The van der Waals surface area contributed by atoms with Crippen molar-refractivity contribution >= 4 is 12.0 Å². The summed E-state index contributed by atoms with van der Waals surface area (Å²) in [7, 11) is 3.72. The Kier molecular flexibility index (Phi) is 4.46. The van der Waals surface area contributed by atoms with Crippen molar-refractivity contribution in [3.63, 3.8) is 0 Å². The van der Waals surface area contributed by atoms with Crippen LogP contribution in [0, 0.1) is 5.41 Å². The molecule has 1 aromatic rings. The van der Waals surface area contributed by atoms with Crippen molar-refractivity contribution in [2.45, 2.75) is 32.1 Å². The summed E-state index contributed by atoms with van der Waals surface area (Å²) in [6.07, 6.45) is 6.83. The zero-order valence-corrected chi connectivity index (χ0v) is 11.9. The van der Waals surface area contributed by atoms with Crippen molar-refractivity contribution in [1.82, 2.24) is 0 Å². The molecule has 0 N–H and O–H groups in total. The molecule has 1 fully saturated rings. The number of methoxy groups -OCH3 is 1. The van der Waals surface area contributed by atoms with E-state index < -0.39 is 0 Å². The van der Waals surface area contributed by atoms with Crippen molar-refractivity contribution in [2.24, 2.45) is 5.41 Å². The SMILES string of the molecule is COc1cccc(N(C)CC2(C=O)CCCCC2)c1. The summed E-state index contributed by atoms with van der Waals surface area (Å²) in [6.45, 7) is 0.795. The fourth-order valence-corrected chi connectivity index (χ4v) is 2.98. The summed E-state index contributed by atoms with van der Waals surface area (Å²) in [5, 5.41) is 0. The predicted octanol–water partition coefficient (Wildman–Crippen LogP) is 3.28. The van der Waals surface area contributed by atoms with Gasteiger partial charge in [0.05, 0.1) is 7.11 Å². The van der Waals surface area contributed by atoms with E-state index in [1.807, 2.05) is 18.2 Å². The van der Waals surface area contributed by atoms with Gasteiger partial charge in [0.25, 0.3) is 0 Å². The van der Waals surface area contributed by atoms with E-state index in [0.29, 0.717) is 0 Å². The first-order valence-corrected chi connectivity index (χ1v) is 7.01. The molecule has 0 radical (unpaired) electrons. The molecule has 0 amide bonds. The van der Waals surface area contributed by atoms with Crippen LogP contribution in [-0.2, 0) is 4.79 Å². The second-order valence-electron chi connectivity index (χ2n) is 5.60. The lowest BCUT2D eigenvalue weighted by atomic mass is 9.75. The molecule has 3 heteroatoms. The van der Waals surface area contributed by atoms with E-state index in [-0.39, 0.29) is 5.41 Å². The topological polar surface area (TPSA) is 29.5 Å². The third-order valence-electron chi connectivity index (χ3n) is 4.15. The lowest BCUT2D eigenvalue weighted by Gasteiger charge is -2.36. The average Bonchev–Trinajstić information content (AvgIpc) is 2.48. The molecule has 0 heterocycles. The van der Waals surface area contributed by atoms with Gasteiger partial charge < -0.3 is 14.4 Å². The summed E-state index contributed by atoms with van der Waals surface area (Å²) in [5.74, 6) is 0.855. The molecule has 0 aromatic heterocycles. The summed E-state index contributed by atoms with van der Waals surface area (Å²) in [5.41, 5.74) is 0.946. The van der Waals surface area contributed by atoms with Gasteiger partial charge in [-0.25, -0.2) is 0 Å². The molecule has 2 rings (SSSR count). The van der Waals surface area contributed by atoms with Crippen LogP contribution < -0.4 is 9.64 Å². The Labute approximate surface area is 115 Å². The maximum absolute atomic E-state index is 11.5. The molecule has 0 aliphatic heterocycles. The molecular weight excluding hydrogens is 238 g/mol. The number of rotatable bonds is 5. The fourth-order valence-electron chi connectivity index (χ4n) is 2.98. The number of hydrogen-bond acceptors (Lipinski definition) is 3. The van der Waals surface area contributed by atoms with Gasteiger partial charge in [-0.15, -0.1) is 0 Å². The number of carbonyl (C=O) groups excluding carboxylic acids is 1. The number of benzene rings is 1. The van der Waals surface area contributed by atoms with Gasteiger partial charge in [0.1, 0.15) is 12.0 Å². The number of anilines is 1. The van der Waals surface area contributed by atoms with Gasteiger partial charge in [0.2, 0.25) is 0 Å². The van der Waals surface area contributed by atoms with Gasteiger partial charge in [-0.3, -0.25) is 0 Å². The average molecular weight is 261 g/mol. The summed E-state index contributed by atoms with van der Waals surface area (Å²) in [6, 6.07) is 8.00. The molecule has 1 saturated carbocycles. The normalized spacial score (nSPS) is 17.8. The van der Waals surface area contributed by atoms with Crippen molar-refractivity contribution in [3.05, 3.63) is 24.3 Å². The van der Waals surface area contributed by atoms with Crippen molar-refractivity contribution in [2.75, 3.05) is 25.6 Å². The standard InChI is InChI=1S/C16H23NO2/c1-17(14-7-6-8-15(11-14)19-2)12-16(13-18)9-4-3-5-10-16/h6-8,11,13H,3-5,9-10,12H2,1-2H3. The molecule has 0 unspecified atom stereocenters. The van der Waals surface area contributed by atoms with Gasteiger partial charge in [0, 0.05) is 30.8 Å². The number of carbonyl (C=O) groups is 1. The van der Waals surface area contributed by atoms with Gasteiger partial charge in [0.15, 0.2) is 0 Å². The van der Waals surface area contributed by atoms with Gasteiger partial charge in [-0.1, -0.05) is 25.3 Å². The Bertz CT molecular complexity index is 425. The monoisotopic (exact) mass is 261 g/mol. The molecule has 1 aromatic carbocycles. The summed E-state index contributed by atoms with van der Waals surface area (Å²) < 4.78 is 5.25. The maximum atomic E-state index is 11.5. The van der Waals surface area contributed by atoms with Crippen molar-refractivity contribution < 1.29 is 9.53 Å². The van der Waals surface area contributed by atoms with E-state index in [4.69, 9.17) is 4.74 Å². The summed E-state index contributed by atoms with van der Waals surface area (Å²) in [4.78, 5) is 13.7. The molecule has 19 heavy (non-hydrogen) atoms. The molecule has 0 saturated heterocycles. The quantitative estimate of drug-likeness (QED) is 0.762. The van der Waals surface area contributed by atoms with Crippen LogP contribution >= 0.6 is 0 Å². The lowest BCUT2D eigenvalue weighted by Crippen LogP contribution is -2.38. The van der Waals surface area contributed by atoms with Crippen LogP contribution in [0.25, 0.3) is 0 Å². The van der Waals surface area contributed by atoms with Crippen LogP contribution in [0.2, 0.25) is 0 Å². The minimum Gasteiger partial charge on any atom is -0.497 e. The number of aldehydes is 1. The molecule has 0 bridgehead atoms. The fraction of sp³-hybridized carbons (Fsp3) is 0.562. The van der Waals surface area contributed by atoms with Crippen LogP contribution in [0.15, 0.2) is 24.3 Å². The van der Waals surface area contributed by atoms with Crippen LogP contribution in [0.4, 0.5) is 5.69 Å². The van der Waals surface area contributed by atoms with Crippen LogP contribution in [0.1, 0.15) is 32.1 Å². The van der Waals surface area contributed by atoms with Crippen LogP contribution in [0.5, 0.6) is 5.75 Å². The van der Waals surface area contributed by atoms with Crippen molar-refractivity contribution in [1.29, 1.82) is 0 Å². The molecule has 0 spiro atoms. The molecule has 1 aliphatic rings. The Morgan fingerprint density at radius 2 is 2.05 bits per heavy atom. The largest absolute Gasteiger partial charge is 0.497 e. The van der Waals surface area contributed by atoms with Crippen molar-refractivity contribution in [3.8, 4) is 5.75 Å². The highest BCUT2D eigenvalue weighted by molar-refractivity contribution is 5.62. The number of ether oxygens (including phenoxy) is 1. The number of hydrogen-bond donors (Lipinski definition) is 0. The first-order chi connectivity index (χ1) is 9.19. The Morgan fingerprint density at radius 1 is 1.32 bits per heavy atom. The zero-order chi connectivity index (χ0) is 13.7. The molecular formula is C16H23NO2. The highest BCUT2D eigenvalue weighted by Crippen LogP contribution is 2.36.